The molecule has 0 aliphatic carbocycles. The molecule has 128 valence electrons. The van der Waals surface area contributed by atoms with E-state index in [1.165, 1.54) is 11.8 Å². The van der Waals surface area contributed by atoms with Gasteiger partial charge >= 0.3 is 0 Å². The Kier molecular flexibility index (Phi) is 5.77. The molecule has 0 spiro atoms. The summed E-state index contributed by atoms with van der Waals surface area (Å²) in [5.41, 5.74) is 0.889. The predicted molar refractivity (Wildman–Crippen MR) is 92.9 cm³/mol. The Hall–Kier alpha value is -1.99. The molecule has 0 saturated carbocycles. The molecule has 3 rings (SSSR count). The number of carbonyl (C=O) groups is 2. The van der Waals surface area contributed by atoms with Crippen LogP contribution in [0.5, 0.6) is 0 Å². The molecule has 1 saturated heterocycles. The van der Waals surface area contributed by atoms with Gasteiger partial charge in [0.25, 0.3) is 11.8 Å². The van der Waals surface area contributed by atoms with Crippen LogP contribution < -0.4 is 10.6 Å². The van der Waals surface area contributed by atoms with E-state index in [1.54, 1.807) is 29.7 Å². The lowest BCUT2D eigenvalue weighted by Crippen LogP contribution is -2.32. The molecule has 1 aromatic rings. The summed E-state index contributed by atoms with van der Waals surface area (Å²) in [5.74, 6) is 0.538. The highest BCUT2D eigenvalue weighted by atomic mass is 32.2. The van der Waals surface area contributed by atoms with Crippen molar-refractivity contribution >= 4 is 29.3 Å². The first-order valence-electron chi connectivity index (χ1n) is 7.99. The second-order valence-electron chi connectivity index (χ2n) is 5.55. The van der Waals surface area contributed by atoms with Gasteiger partial charge in [-0.05, 0) is 25.0 Å². The van der Waals surface area contributed by atoms with Crippen LogP contribution in [0, 0.1) is 0 Å². The lowest BCUT2D eigenvalue weighted by molar-refractivity contribution is -0.116. The first kappa shape index (κ1) is 16.9. The molecule has 0 radical (unpaired) electrons. The first-order chi connectivity index (χ1) is 11.7. The summed E-state index contributed by atoms with van der Waals surface area (Å²) in [6.07, 6.45) is 2.07. The second kappa shape index (κ2) is 8.21. The number of hydrogen-bond donors (Lipinski definition) is 2. The van der Waals surface area contributed by atoms with E-state index >= 15 is 0 Å². The minimum absolute atomic E-state index is 0.0773. The van der Waals surface area contributed by atoms with Crippen molar-refractivity contribution in [3.63, 3.8) is 0 Å². The van der Waals surface area contributed by atoms with E-state index in [4.69, 9.17) is 9.47 Å². The molecule has 2 N–H and O–H groups in total. The molecule has 2 amide bonds. The van der Waals surface area contributed by atoms with E-state index in [1.807, 2.05) is 0 Å². The number of amides is 2. The smallest absolute Gasteiger partial charge is 0.291 e. The summed E-state index contributed by atoms with van der Waals surface area (Å²) in [4.78, 5) is 24.7. The van der Waals surface area contributed by atoms with Gasteiger partial charge in [0.15, 0.2) is 5.76 Å². The van der Waals surface area contributed by atoms with E-state index in [2.05, 4.69) is 10.6 Å². The van der Waals surface area contributed by atoms with E-state index in [-0.39, 0.29) is 23.7 Å². The summed E-state index contributed by atoms with van der Waals surface area (Å²) in [5, 5.41) is 7.31. The number of carbonyl (C=O) groups excluding carboxylic acids is 2. The molecule has 2 heterocycles. The molecule has 0 aromatic heterocycles. The Morgan fingerprint density at radius 3 is 2.83 bits per heavy atom. The minimum atomic E-state index is -0.346. The van der Waals surface area contributed by atoms with Crippen LogP contribution in [0.3, 0.4) is 0 Å². The van der Waals surface area contributed by atoms with Gasteiger partial charge in [0.1, 0.15) is 0 Å². The molecule has 0 unspecified atom stereocenters. The van der Waals surface area contributed by atoms with Gasteiger partial charge < -0.3 is 20.1 Å². The maximum atomic E-state index is 12.4. The number of ether oxygens (including phenoxy) is 2. The summed E-state index contributed by atoms with van der Waals surface area (Å²) < 4.78 is 10.8. The normalized spacial score (nSPS) is 20.0. The third kappa shape index (κ3) is 4.30. The zero-order valence-electron chi connectivity index (χ0n) is 13.2. The van der Waals surface area contributed by atoms with Crippen LogP contribution >= 0.6 is 11.8 Å². The van der Waals surface area contributed by atoms with Gasteiger partial charge in [0.2, 0.25) is 0 Å². The summed E-state index contributed by atoms with van der Waals surface area (Å²) in [6.45, 7) is 1.74. The number of rotatable bonds is 5. The van der Waals surface area contributed by atoms with Crippen LogP contribution in [0.2, 0.25) is 0 Å². The Labute approximate surface area is 145 Å². The largest absolute Gasteiger partial charge is 0.487 e. The summed E-state index contributed by atoms with van der Waals surface area (Å²) in [6, 6.07) is 6.93. The molecular formula is C17H20N2O4S. The molecule has 2 aliphatic rings. The van der Waals surface area contributed by atoms with Gasteiger partial charge in [-0.2, -0.15) is 0 Å². The van der Waals surface area contributed by atoms with Crippen molar-refractivity contribution in [3.05, 3.63) is 41.0 Å². The number of hydrogen-bond acceptors (Lipinski definition) is 5. The number of benzene rings is 1. The highest BCUT2D eigenvalue weighted by molar-refractivity contribution is 8.02. The van der Waals surface area contributed by atoms with E-state index in [0.717, 1.165) is 25.2 Å². The van der Waals surface area contributed by atoms with Gasteiger partial charge in [-0.25, -0.2) is 0 Å². The van der Waals surface area contributed by atoms with E-state index in [9.17, 15) is 9.59 Å². The van der Waals surface area contributed by atoms with Crippen LogP contribution in [-0.4, -0.2) is 43.4 Å². The Balaban J connectivity index is 1.64. The van der Waals surface area contributed by atoms with Crippen molar-refractivity contribution in [2.45, 2.75) is 18.9 Å². The van der Waals surface area contributed by atoms with Crippen molar-refractivity contribution in [1.82, 2.24) is 5.32 Å². The molecule has 1 atom stereocenters. The second-order valence-corrected chi connectivity index (χ2v) is 6.52. The average Bonchev–Trinajstić information content (AvgIpc) is 3.14. The van der Waals surface area contributed by atoms with E-state index in [0.29, 0.717) is 24.4 Å². The first-order valence-corrected chi connectivity index (χ1v) is 9.03. The lowest BCUT2D eigenvalue weighted by Gasteiger charge is -2.16. The van der Waals surface area contributed by atoms with Crippen LogP contribution in [-0.2, 0) is 14.3 Å². The fourth-order valence-corrected chi connectivity index (χ4v) is 3.19. The number of nitrogens with one attached hydrogen (secondary N) is 2. The SMILES string of the molecule is O=C(Nc1ccccc1C(=O)NC[C@@H]1CCCO1)C1=CSCCO1. The van der Waals surface area contributed by atoms with Crippen molar-refractivity contribution in [2.75, 3.05) is 30.8 Å². The van der Waals surface area contributed by atoms with Crippen LogP contribution in [0.4, 0.5) is 5.69 Å². The van der Waals surface area contributed by atoms with Crippen molar-refractivity contribution in [3.8, 4) is 0 Å². The highest BCUT2D eigenvalue weighted by Gasteiger charge is 2.20. The van der Waals surface area contributed by atoms with E-state index < -0.39 is 0 Å². The Bertz CT molecular complexity index is 641. The standard InChI is InChI=1S/C17H20N2O4S/c20-16(18-10-12-4-3-7-22-12)13-5-1-2-6-14(13)19-17(21)15-11-24-9-8-23-15/h1-2,5-6,11-12H,3-4,7-10H2,(H,18,20)(H,19,21)/t12-/m0/s1. The molecule has 2 aliphatic heterocycles. The fraction of sp³-hybridized carbons (Fsp3) is 0.412. The van der Waals surface area contributed by atoms with Gasteiger partial charge in [0.05, 0.1) is 24.0 Å². The van der Waals surface area contributed by atoms with Gasteiger partial charge in [-0.15, -0.1) is 11.8 Å². The predicted octanol–water partition coefficient (Wildman–Crippen LogP) is 2.14. The third-order valence-electron chi connectivity index (χ3n) is 3.81. The third-order valence-corrected chi connectivity index (χ3v) is 4.59. The lowest BCUT2D eigenvalue weighted by atomic mass is 10.1. The number of anilines is 1. The minimum Gasteiger partial charge on any atom is -0.487 e. The average molecular weight is 348 g/mol. The summed E-state index contributed by atoms with van der Waals surface area (Å²) >= 11 is 1.53. The fourth-order valence-electron chi connectivity index (χ4n) is 2.57. The van der Waals surface area contributed by atoms with Crippen molar-refractivity contribution in [1.29, 1.82) is 0 Å². The maximum Gasteiger partial charge on any atom is 0.291 e. The molecule has 1 aromatic carbocycles. The van der Waals surface area contributed by atoms with Gasteiger partial charge in [-0.3, -0.25) is 9.59 Å². The molecule has 6 nitrogen and oxygen atoms in total. The molecule has 7 heteroatoms. The Morgan fingerprint density at radius 1 is 1.21 bits per heavy atom. The molecule has 1 fully saturated rings. The van der Waals surface area contributed by atoms with Crippen LogP contribution in [0.15, 0.2) is 35.4 Å². The maximum absolute atomic E-state index is 12.4. The molecule has 24 heavy (non-hydrogen) atoms. The zero-order chi connectivity index (χ0) is 16.8. The highest BCUT2D eigenvalue weighted by Crippen LogP contribution is 2.20. The van der Waals surface area contributed by atoms with Crippen molar-refractivity contribution in [2.24, 2.45) is 0 Å². The monoisotopic (exact) mass is 348 g/mol. The molecule has 0 bridgehead atoms. The zero-order valence-corrected chi connectivity index (χ0v) is 14.1. The number of para-hydroxylation sites is 1. The topological polar surface area (TPSA) is 76.7 Å². The Morgan fingerprint density at radius 2 is 2.08 bits per heavy atom. The van der Waals surface area contributed by atoms with Crippen LogP contribution in [0.25, 0.3) is 0 Å². The van der Waals surface area contributed by atoms with Crippen molar-refractivity contribution < 1.29 is 19.1 Å². The summed E-state index contributed by atoms with van der Waals surface area (Å²) in [7, 11) is 0. The number of thioether (sulfide) groups is 1. The van der Waals surface area contributed by atoms with Gasteiger partial charge in [0, 0.05) is 24.3 Å². The quantitative estimate of drug-likeness (QED) is 0.853. The van der Waals surface area contributed by atoms with Crippen LogP contribution in [0.1, 0.15) is 23.2 Å². The molecular weight excluding hydrogens is 328 g/mol. The van der Waals surface area contributed by atoms with Gasteiger partial charge in [-0.1, -0.05) is 12.1 Å².